The van der Waals surface area contributed by atoms with Crippen LogP contribution in [0.1, 0.15) is 36.3 Å². The van der Waals surface area contributed by atoms with Gasteiger partial charge in [-0.3, -0.25) is 0 Å². The SMILES string of the molecule is CC(N)Cc1ccnc(C2CCOc3ccccc32)n1. The van der Waals surface area contributed by atoms with Crippen LogP contribution in [-0.4, -0.2) is 22.6 Å². The second kappa shape index (κ2) is 5.59. The van der Waals surface area contributed by atoms with Crippen LogP contribution in [0, 0.1) is 0 Å². The number of hydrogen-bond donors (Lipinski definition) is 1. The molecule has 0 saturated carbocycles. The van der Waals surface area contributed by atoms with E-state index in [0.717, 1.165) is 30.1 Å². The molecule has 0 aliphatic carbocycles. The number of para-hydroxylation sites is 1. The molecule has 104 valence electrons. The molecule has 0 fully saturated rings. The second-order valence-corrected chi connectivity index (χ2v) is 5.32. The molecule has 1 aromatic carbocycles. The van der Waals surface area contributed by atoms with Crippen LogP contribution < -0.4 is 10.5 Å². The first-order valence-electron chi connectivity index (χ1n) is 7.03. The maximum absolute atomic E-state index is 5.85. The Balaban J connectivity index is 1.94. The Bertz CT molecular complexity index is 598. The molecule has 2 aromatic rings. The predicted octanol–water partition coefficient (Wildman–Crippen LogP) is 2.28. The molecule has 4 heteroatoms. The van der Waals surface area contributed by atoms with E-state index in [-0.39, 0.29) is 12.0 Å². The molecule has 0 amide bonds. The number of rotatable bonds is 3. The number of nitrogens with two attached hydrogens (primary N) is 1. The van der Waals surface area contributed by atoms with Gasteiger partial charge in [-0.05, 0) is 25.5 Å². The highest BCUT2D eigenvalue weighted by Gasteiger charge is 2.24. The summed E-state index contributed by atoms with van der Waals surface area (Å²) in [5.41, 5.74) is 8.03. The van der Waals surface area contributed by atoms with Gasteiger partial charge >= 0.3 is 0 Å². The van der Waals surface area contributed by atoms with Crippen LogP contribution >= 0.6 is 0 Å². The Morgan fingerprint density at radius 1 is 1.35 bits per heavy atom. The van der Waals surface area contributed by atoms with Crippen molar-refractivity contribution in [1.82, 2.24) is 9.97 Å². The number of hydrogen-bond acceptors (Lipinski definition) is 4. The highest BCUT2D eigenvalue weighted by Crippen LogP contribution is 2.36. The van der Waals surface area contributed by atoms with Crippen molar-refractivity contribution in [2.75, 3.05) is 6.61 Å². The minimum atomic E-state index is 0.111. The van der Waals surface area contributed by atoms with Gasteiger partial charge in [0.25, 0.3) is 0 Å². The summed E-state index contributed by atoms with van der Waals surface area (Å²) in [4.78, 5) is 9.15. The van der Waals surface area contributed by atoms with Crippen LogP contribution in [0.25, 0.3) is 0 Å². The Morgan fingerprint density at radius 3 is 3.05 bits per heavy atom. The number of ether oxygens (including phenoxy) is 1. The fourth-order valence-corrected chi connectivity index (χ4v) is 2.63. The molecular formula is C16H19N3O. The lowest BCUT2D eigenvalue weighted by molar-refractivity contribution is 0.274. The van der Waals surface area contributed by atoms with E-state index < -0.39 is 0 Å². The molecule has 0 radical (unpaired) electrons. The average Bonchev–Trinajstić information content (AvgIpc) is 2.46. The third-order valence-corrected chi connectivity index (χ3v) is 3.53. The van der Waals surface area contributed by atoms with E-state index in [1.807, 2.05) is 37.4 Å². The molecule has 1 aliphatic rings. The molecule has 0 bridgehead atoms. The average molecular weight is 269 g/mol. The summed E-state index contributed by atoms with van der Waals surface area (Å²) < 4.78 is 5.69. The molecule has 2 N–H and O–H groups in total. The first-order chi connectivity index (χ1) is 9.74. The van der Waals surface area contributed by atoms with E-state index in [0.29, 0.717) is 6.61 Å². The molecule has 0 spiro atoms. The Morgan fingerprint density at radius 2 is 2.20 bits per heavy atom. The van der Waals surface area contributed by atoms with Gasteiger partial charge in [-0.15, -0.1) is 0 Å². The fraction of sp³-hybridized carbons (Fsp3) is 0.375. The van der Waals surface area contributed by atoms with Crippen LogP contribution in [0.15, 0.2) is 36.5 Å². The molecule has 2 atom stereocenters. The maximum atomic E-state index is 5.85. The van der Waals surface area contributed by atoms with Gasteiger partial charge in [0.15, 0.2) is 0 Å². The molecular weight excluding hydrogens is 250 g/mol. The molecule has 2 unspecified atom stereocenters. The van der Waals surface area contributed by atoms with E-state index >= 15 is 0 Å². The largest absolute Gasteiger partial charge is 0.493 e. The smallest absolute Gasteiger partial charge is 0.136 e. The van der Waals surface area contributed by atoms with Gasteiger partial charge in [-0.1, -0.05) is 18.2 Å². The van der Waals surface area contributed by atoms with Crippen LogP contribution in [0.3, 0.4) is 0 Å². The fourth-order valence-electron chi connectivity index (χ4n) is 2.63. The topological polar surface area (TPSA) is 61.0 Å². The van der Waals surface area contributed by atoms with Crippen molar-refractivity contribution >= 4 is 0 Å². The summed E-state index contributed by atoms with van der Waals surface area (Å²) in [5.74, 6) is 2.04. The van der Waals surface area contributed by atoms with Crippen molar-refractivity contribution in [2.24, 2.45) is 5.73 Å². The molecule has 4 nitrogen and oxygen atoms in total. The summed E-state index contributed by atoms with van der Waals surface area (Å²) >= 11 is 0. The van der Waals surface area contributed by atoms with Gasteiger partial charge in [0.1, 0.15) is 11.6 Å². The Labute approximate surface area is 119 Å². The first kappa shape index (κ1) is 13.1. The summed E-state index contributed by atoms with van der Waals surface area (Å²) in [6.07, 6.45) is 3.52. The Hall–Kier alpha value is -1.94. The van der Waals surface area contributed by atoms with Gasteiger partial charge in [0, 0.05) is 29.9 Å². The zero-order valence-electron chi connectivity index (χ0n) is 11.6. The first-order valence-corrected chi connectivity index (χ1v) is 7.03. The minimum absolute atomic E-state index is 0.111. The monoisotopic (exact) mass is 269 g/mol. The molecule has 1 aromatic heterocycles. The zero-order valence-corrected chi connectivity index (χ0v) is 11.6. The van der Waals surface area contributed by atoms with Crippen LogP contribution in [-0.2, 0) is 6.42 Å². The number of aromatic nitrogens is 2. The molecule has 3 rings (SSSR count). The Kier molecular flexibility index (Phi) is 3.65. The van der Waals surface area contributed by atoms with E-state index in [1.54, 1.807) is 0 Å². The third kappa shape index (κ3) is 2.65. The van der Waals surface area contributed by atoms with Crippen molar-refractivity contribution in [1.29, 1.82) is 0 Å². The van der Waals surface area contributed by atoms with E-state index in [2.05, 4.69) is 16.0 Å². The van der Waals surface area contributed by atoms with E-state index in [9.17, 15) is 0 Å². The lowest BCUT2D eigenvalue weighted by atomic mass is 9.92. The van der Waals surface area contributed by atoms with Gasteiger partial charge in [0.05, 0.1) is 12.5 Å². The van der Waals surface area contributed by atoms with E-state index in [4.69, 9.17) is 10.5 Å². The number of fused-ring (bicyclic) bond motifs is 1. The van der Waals surface area contributed by atoms with Crippen molar-refractivity contribution < 1.29 is 4.74 Å². The molecule has 0 saturated heterocycles. The predicted molar refractivity (Wildman–Crippen MR) is 77.8 cm³/mol. The van der Waals surface area contributed by atoms with Gasteiger partial charge < -0.3 is 10.5 Å². The molecule has 1 aliphatic heterocycles. The van der Waals surface area contributed by atoms with Crippen molar-refractivity contribution in [2.45, 2.75) is 31.7 Å². The van der Waals surface area contributed by atoms with Crippen molar-refractivity contribution in [3.05, 3.63) is 53.6 Å². The van der Waals surface area contributed by atoms with E-state index in [1.165, 1.54) is 5.56 Å². The molecule has 20 heavy (non-hydrogen) atoms. The van der Waals surface area contributed by atoms with Gasteiger partial charge in [-0.25, -0.2) is 9.97 Å². The zero-order chi connectivity index (χ0) is 13.9. The highest BCUT2D eigenvalue weighted by atomic mass is 16.5. The van der Waals surface area contributed by atoms with Crippen molar-refractivity contribution in [3.8, 4) is 5.75 Å². The maximum Gasteiger partial charge on any atom is 0.136 e. The van der Waals surface area contributed by atoms with Gasteiger partial charge in [-0.2, -0.15) is 0 Å². The molecule has 2 heterocycles. The summed E-state index contributed by atoms with van der Waals surface area (Å²) in [5, 5.41) is 0. The third-order valence-electron chi connectivity index (χ3n) is 3.53. The summed E-state index contributed by atoms with van der Waals surface area (Å²) in [6, 6.07) is 10.2. The minimum Gasteiger partial charge on any atom is -0.493 e. The number of nitrogens with zero attached hydrogens (tertiary/aromatic N) is 2. The van der Waals surface area contributed by atoms with Crippen LogP contribution in [0.2, 0.25) is 0 Å². The lowest BCUT2D eigenvalue weighted by Crippen LogP contribution is -2.21. The van der Waals surface area contributed by atoms with Crippen molar-refractivity contribution in [3.63, 3.8) is 0 Å². The second-order valence-electron chi connectivity index (χ2n) is 5.32. The van der Waals surface area contributed by atoms with Crippen LogP contribution in [0.5, 0.6) is 5.75 Å². The highest BCUT2D eigenvalue weighted by molar-refractivity contribution is 5.40. The quantitative estimate of drug-likeness (QED) is 0.928. The van der Waals surface area contributed by atoms with Crippen LogP contribution in [0.4, 0.5) is 0 Å². The summed E-state index contributed by atoms with van der Waals surface area (Å²) in [7, 11) is 0. The lowest BCUT2D eigenvalue weighted by Gasteiger charge is -2.25. The number of benzene rings is 1. The summed E-state index contributed by atoms with van der Waals surface area (Å²) in [6.45, 7) is 2.70. The standard InChI is InChI=1S/C16H19N3O/c1-11(17)10-12-6-8-18-16(19-12)14-7-9-20-15-5-3-2-4-13(14)15/h2-6,8,11,14H,7,9-10,17H2,1H3. The van der Waals surface area contributed by atoms with Gasteiger partial charge in [0.2, 0.25) is 0 Å². The normalized spacial score (nSPS) is 19.0.